The van der Waals surface area contributed by atoms with Gasteiger partial charge in [-0.15, -0.1) is 0 Å². The molecular weight excluding hydrogens is 252 g/mol. The minimum atomic E-state index is 0.409. The summed E-state index contributed by atoms with van der Waals surface area (Å²) < 4.78 is 11.4. The van der Waals surface area contributed by atoms with Crippen LogP contribution >= 0.6 is 0 Å². The van der Waals surface area contributed by atoms with E-state index < -0.39 is 0 Å². The van der Waals surface area contributed by atoms with Gasteiger partial charge in [0.15, 0.2) is 0 Å². The van der Waals surface area contributed by atoms with Gasteiger partial charge in [-0.2, -0.15) is 0 Å². The maximum Gasteiger partial charge on any atom is 0.0735 e. The molecule has 1 atom stereocenters. The first-order chi connectivity index (χ1) is 9.90. The molecule has 20 heavy (non-hydrogen) atoms. The molecule has 2 fully saturated rings. The Bertz CT molecular complexity index is 385. The minimum Gasteiger partial charge on any atom is -0.381 e. The van der Waals surface area contributed by atoms with E-state index in [0.717, 1.165) is 50.6 Å². The van der Waals surface area contributed by atoms with Gasteiger partial charge in [0.2, 0.25) is 0 Å². The zero-order valence-corrected chi connectivity index (χ0v) is 12.0. The predicted molar refractivity (Wildman–Crippen MR) is 77.4 cm³/mol. The highest BCUT2D eigenvalue weighted by atomic mass is 16.5. The maximum atomic E-state index is 6.00. The van der Waals surface area contributed by atoms with E-state index in [1.807, 2.05) is 12.3 Å². The van der Waals surface area contributed by atoms with Gasteiger partial charge in [0.25, 0.3) is 0 Å². The third-order valence-electron chi connectivity index (χ3n) is 4.28. The highest BCUT2D eigenvalue weighted by Crippen LogP contribution is 2.19. The van der Waals surface area contributed by atoms with Crippen LogP contribution in [0.25, 0.3) is 0 Å². The van der Waals surface area contributed by atoms with E-state index in [0.29, 0.717) is 12.7 Å². The summed E-state index contributed by atoms with van der Waals surface area (Å²) in [6.07, 6.45) is 7.62. The minimum absolute atomic E-state index is 0.409. The summed E-state index contributed by atoms with van der Waals surface area (Å²) in [4.78, 5) is 6.69. The van der Waals surface area contributed by atoms with Crippen LogP contribution in [-0.2, 0) is 16.1 Å². The Labute approximate surface area is 121 Å². The van der Waals surface area contributed by atoms with Crippen LogP contribution in [0.1, 0.15) is 24.8 Å². The molecule has 4 nitrogen and oxygen atoms in total. The third kappa shape index (κ3) is 4.01. The van der Waals surface area contributed by atoms with Gasteiger partial charge in [-0.05, 0) is 36.8 Å². The average molecular weight is 276 g/mol. The topological polar surface area (TPSA) is 34.6 Å². The lowest BCUT2D eigenvalue weighted by Crippen LogP contribution is -2.39. The van der Waals surface area contributed by atoms with Crippen molar-refractivity contribution in [2.24, 2.45) is 5.92 Å². The number of nitrogens with zero attached hydrogens (tertiary/aromatic N) is 2. The van der Waals surface area contributed by atoms with Gasteiger partial charge in [0.05, 0.1) is 19.3 Å². The van der Waals surface area contributed by atoms with Crippen molar-refractivity contribution in [2.45, 2.75) is 32.0 Å². The zero-order chi connectivity index (χ0) is 13.6. The van der Waals surface area contributed by atoms with Gasteiger partial charge in [-0.1, -0.05) is 6.07 Å². The second-order valence-corrected chi connectivity index (χ2v) is 5.90. The third-order valence-corrected chi connectivity index (χ3v) is 4.28. The number of piperidine rings is 1. The lowest BCUT2D eigenvalue weighted by atomic mass is 10.0. The summed E-state index contributed by atoms with van der Waals surface area (Å²) in [5.74, 6) is 0.753. The Hall–Kier alpha value is -0.970. The highest BCUT2D eigenvalue weighted by molar-refractivity contribution is 5.06. The molecule has 110 valence electrons. The first kappa shape index (κ1) is 14.0. The van der Waals surface area contributed by atoms with Crippen LogP contribution in [0.4, 0.5) is 0 Å². The summed E-state index contributed by atoms with van der Waals surface area (Å²) in [7, 11) is 0. The number of hydrogen-bond donors (Lipinski definition) is 0. The standard InChI is InChI=1S/C16H24N2O2/c1-2-14(10-17-6-1)13-20-16-3-7-18(8-4-16)11-15-5-9-19-12-15/h1-2,6,10,15-16H,3-5,7-9,11-13H2/t15-/m1/s1. The van der Waals surface area contributed by atoms with Crippen molar-refractivity contribution < 1.29 is 9.47 Å². The van der Waals surface area contributed by atoms with Crippen LogP contribution in [0.2, 0.25) is 0 Å². The Morgan fingerprint density at radius 1 is 1.30 bits per heavy atom. The number of ether oxygens (including phenoxy) is 2. The lowest BCUT2D eigenvalue weighted by Gasteiger charge is -2.33. The first-order valence-corrected chi connectivity index (χ1v) is 7.71. The molecular formula is C16H24N2O2. The van der Waals surface area contributed by atoms with E-state index in [1.165, 1.54) is 13.0 Å². The van der Waals surface area contributed by atoms with Crippen LogP contribution in [-0.4, -0.2) is 48.8 Å². The fraction of sp³-hybridized carbons (Fsp3) is 0.688. The van der Waals surface area contributed by atoms with Gasteiger partial charge < -0.3 is 14.4 Å². The van der Waals surface area contributed by atoms with Gasteiger partial charge in [0.1, 0.15) is 0 Å². The maximum absolute atomic E-state index is 6.00. The van der Waals surface area contributed by atoms with Crippen LogP contribution in [0, 0.1) is 5.92 Å². The van der Waals surface area contributed by atoms with E-state index in [1.54, 1.807) is 6.20 Å². The van der Waals surface area contributed by atoms with E-state index in [-0.39, 0.29) is 0 Å². The molecule has 0 saturated carbocycles. The fourth-order valence-electron chi connectivity index (χ4n) is 3.05. The van der Waals surface area contributed by atoms with Crippen molar-refractivity contribution in [3.63, 3.8) is 0 Å². The fourth-order valence-corrected chi connectivity index (χ4v) is 3.05. The van der Waals surface area contributed by atoms with E-state index in [2.05, 4.69) is 16.0 Å². The van der Waals surface area contributed by atoms with Crippen LogP contribution in [0.3, 0.4) is 0 Å². The number of aromatic nitrogens is 1. The second kappa shape index (κ2) is 7.16. The molecule has 0 unspecified atom stereocenters. The van der Waals surface area contributed by atoms with Crippen LogP contribution < -0.4 is 0 Å². The van der Waals surface area contributed by atoms with Crippen molar-refractivity contribution in [2.75, 3.05) is 32.8 Å². The molecule has 2 aliphatic heterocycles. The zero-order valence-electron chi connectivity index (χ0n) is 12.0. The molecule has 3 heterocycles. The van der Waals surface area contributed by atoms with E-state index in [9.17, 15) is 0 Å². The van der Waals surface area contributed by atoms with Crippen molar-refractivity contribution in [3.8, 4) is 0 Å². The molecule has 0 spiro atoms. The molecule has 0 radical (unpaired) electrons. The number of rotatable bonds is 5. The summed E-state index contributed by atoms with van der Waals surface area (Å²) >= 11 is 0. The lowest BCUT2D eigenvalue weighted by molar-refractivity contribution is -0.00534. The molecule has 0 amide bonds. The molecule has 0 aromatic carbocycles. The largest absolute Gasteiger partial charge is 0.381 e. The second-order valence-electron chi connectivity index (χ2n) is 5.90. The molecule has 1 aromatic heterocycles. The summed E-state index contributed by atoms with van der Waals surface area (Å²) in [5.41, 5.74) is 1.16. The summed E-state index contributed by atoms with van der Waals surface area (Å²) in [5, 5.41) is 0. The molecule has 3 rings (SSSR count). The SMILES string of the molecule is c1cncc(COC2CCN(C[C@H]3CCOC3)CC2)c1. The van der Waals surface area contributed by atoms with Gasteiger partial charge in [0, 0.05) is 38.6 Å². The molecule has 4 heteroatoms. The van der Waals surface area contributed by atoms with Crippen molar-refractivity contribution in [1.29, 1.82) is 0 Å². The van der Waals surface area contributed by atoms with E-state index in [4.69, 9.17) is 9.47 Å². The normalized spacial score (nSPS) is 25.1. The van der Waals surface area contributed by atoms with Gasteiger partial charge in [-0.25, -0.2) is 0 Å². The summed E-state index contributed by atoms with van der Waals surface area (Å²) in [6, 6.07) is 4.03. The predicted octanol–water partition coefficient (Wildman–Crippen LogP) is 2.10. The first-order valence-electron chi connectivity index (χ1n) is 7.71. The Kier molecular flexibility index (Phi) is 5.01. The average Bonchev–Trinajstić information content (AvgIpc) is 3.01. The van der Waals surface area contributed by atoms with Crippen LogP contribution in [0.5, 0.6) is 0 Å². The smallest absolute Gasteiger partial charge is 0.0735 e. The van der Waals surface area contributed by atoms with Gasteiger partial charge in [-0.3, -0.25) is 4.98 Å². The van der Waals surface area contributed by atoms with Crippen molar-refractivity contribution in [3.05, 3.63) is 30.1 Å². The molecule has 0 bridgehead atoms. The van der Waals surface area contributed by atoms with Gasteiger partial charge >= 0.3 is 0 Å². The molecule has 2 saturated heterocycles. The quantitative estimate of drug-likeness (QED) is 0.825. The molecule has 0 N–H and O–H groups in total. The number of hydrogen-bond acceptors (Lipinski definition) is 4. The molecule has 0 aliphatic carbocycles. The van der Waals surface area contributed by atoms with Crippen molar-refractivity contribution in [1.82, 2.24) is 9.88 Å². The Morgan fingerprint density at radius 3 is 2.90 bits per heavy atom. The molecule has 1 aromatic rings. The molecule has 2 aliphatic rings. The van der Waals surface area contributed by atoms with Crippen molar-refractivity contribution >= 4 is 0 Å². The highest BCUT2D eigenvalue weighted by Gasteiger charge is 2.24. The summed E-state index contributed by atoms with van der Waals surface area (Å²) in [6.45, 7) is 6.12. The monoisotopic (exact) mass is 276 g/mol. The Morgan fingerprint density at radius 2 is 2.20 bits per heavy atom. The Balaban J connectivity index is 1.35. The number of likely N-dealkylation sites (tertiary alicyclic amines) is 1. The van der Waals surface area contributed by atoms with E-state index >= 15 is 0 Å². The number of pyridine rings is 1. The van der Waals surface area contributed by atoms with Crippen LogP contribution in [0.15, 0.2) is 24.5 Å².